The fourth-order valence-corrected chi connectivity index (χ4v) is 0.905. The van der Waals surface area contributed by atoms with Crippen LogP contribution < -0.4 is 5.73 Å². The number of aliphatic hydroxyl groups is 1. The minimum Gasteiger partial charge on any atom is -0.508 e. The summed E-state index contributed by atoms with van der Waals surface area (Å²) < 4.78 is 0. The van der Waals surface area contributed by atoms with Crippen LogP contribution >= 0.6 is 0 Å². The molecule has 3 N–H and O–H groups in total. The Hall–Kier alpha value is -1.09. The van der Waals surface area contributed by atoms with Crippen LogP contribution in [0.15, 0.2) is 24.0 Å². The smallest absolute Gasteiger partial charge is 0.153 e. The minimum absolute atomic E-state index is 0.0856. The molecular formula is C8H11NO2. The fraction of sp³-hybridized carbons (Fsp3) is 0.375. The van der Waals surface area contributed by atoms with Crippen LogP contribution in [0.4, 0.5) is 0 Å². The molecule has 1 rings (SSSR count). The van der Waals surface area contributed by atoms with Crippen molar-refractivity contribution in [1.82, 2.24) is 0 Å². The van der Waals surface area contributed by atoms with E-state index in [1.807, 2.05) is 0 Å². The van der Waals surface area contributed by atoms with E-state index >= 15 is 0 Å². The Kier molecular flexibility index (Phi) is 1.83. The molecule has 0 aliphatic heterocycles. The molecule has 0 saturated heterocycles. The molecule has 0 saturated carbocycles. The molecule has 60 valence electrons. The van der Waals surface area contributed by atoms with Crippen LogP contribution in [0.5, 0.6) is 0 Å². The van der Waals surface area contributed by atoms with Gasteiger partial charge >= 0.3 is 0 Å². The number of aliphatic hydroxyl groups excluding tert-OH is 1. The van der Waals surface area contributed by atoms with Crippen LogP contribution in [0.3, 0.4) is 0 Å². The van der Waals surface area contributed by atoms with Crippen LogP contribution in [0.2, 0.25) is 0 Å². The van der Waals surface area contributed by atoms with Crippen molar-refractivity contribution in [1.29, 1.82) is 0 Å². The largest absolute Gasteiger partial charge is 0.508 e. The second-order valence-electron chi connectivity index (χ2n) is 2.76. The van der Waals surface area contributed by atoms with Gasteiger partial charge in [0.15, 0.2) is 5.78 Å². The predicted octanol–water partition coefficient (Wildman–Crippen LogP) is 0.675. The second kappa shape index (κ2) is 2.51. The number of carbonyl (C=O) groups excluding carboxylic acids is 1. The summed E-state index contributed by atoms with van der Waals surface area (Å²) in [5.74, 6) is 0.0878. The zero-order valence-corrected chi connectivity index (χ0v) is 6.37. The highest BCUT2D eigenvalue weighted by Gasteiger charge is 2.28. The number of hydrogen-bond donors (Lipinski definition) is 2. The van der Waals surface area contributed by atoms with Crippen LogP contribution in [0.25, 0.3) is 0 Å². The van der Waals surface area contributed by atoms with Gasteiger partial charge in [-0.05, 0) is 25.5 Å². The summed E-state index contributed by atoms with van der Waals surface area (Å²) in [5, 5.41) is 8.93. The maximum absolute atomic E-state index is 10.9. The van der Waals surface area contributed by atoms with Crippen molar-refractivity contribution in [3.8, 4) is 0 Å². The van der Waals surface area contributed by atoms with Crippen molar-refractivity contribution in [2.45, 2.75) is 18.9 Å². The molecule has 1 atom stereocenters. The number of carbonyl (C=O) groups is 1. The maximum Gasteiger partial charge on any atom is 0.153 e. The Morgan fingerprint density at radius 2 is 2.45 bits per heavy atom. The molecular weight excluding hydrogens is 142 g/mol. The predicted molar refractivity (Wildman–Crippen MR) is 42.1 cm³/mol. The van der Waals surface area contributed by atoms with Crippen molar-refractivity contribution >= 4 is 5.78 Å². The van der Waals surface area contributed by atoms with E-state index in [1.54, 1.807) is 6.08 Å². The summed E-state index contributed by atoms with van der Waals surface area (Å²) in [6.45, 7) is 1.44. The van der Waals surface area contributed by atoms with Gasteiger partial charge in [-0.1, -0.05) is 6.08 Å². The molecule has 11 heavy (non-hydrogen) atoms. The van der Waals surface area contributed by atoms with E-state index in [-0.39, 0.29) is 11.5 Å². The molecule has 0 radical (unpaired) electrons. The number of Topliss-reactive ketones (excluding diaryl/α,β-unsaturated/α-hetero) is 1. The lowest BCUT2D eigenvalue weighted by atomic mass is 9.88. The Balaban J connectivity index is 2.82. The molecule has 0 aromatic carbocycles. The van der Waals surface area contributed by atoms with Gasteiger partial charge in [-0.3, -0.25) is 4.79 Å². The fourth-order valence-electron chi connectivity index (χ4n) is 0.905. The van der Waals surface area contributed by atoms with E-state index in [0.29, 0.717) is 6.42 Å². The first-order valence-electron chi connectivity index (χ1n) is 3.43. The summed E-state index contributed by atoms with van der Waals surface area (Å²) in [5.41, 5.74) is 4.78. The lowest BCUT2D eigenvalue weighted by Crippen LogP contribution is -2.45. The second-order valence-corrected chi connectivity index (χ2v) is 2.76. The molecule has 1 unspecified atom stereocenters. The Labute approximate surface area is 65.2 Å². The van der Waals surface area contributed by atoms with Gasteiger partial charge in [-0.2, -0.15) is 0 Å². The number of hydrogen-bond acceptors (Lipinski definition) is 3. The zero-order valence-electron chi connectivity index (χ0n) is 6.37. The van der Waals surface area contributed by atoms with Gasteiger partial charge in [0.2, 0.25) is 0 Å². The molecule has 0 spiro atoms. The van der Waals surface area contributed by atoms with Crippen LogP contribution in [-0.4, -0.2) is 16.4 Å². The van der Waals surface area contributed by atoms with Crippen molar-refractivity contribution < 1.29 is 9.90 Å². The summed E-state index contributed by atoms with van der Waals surface area (Å²) in [4.78, 5) is 10.9. The third-order valence-corrected chi connectivity index (χ3v) is 1.86. The lowest BCUT2D eigenvalue weighted by Gasteiger charge is -2.23. The van der Waals surface area contributed by atoms with Crippen LogP contribution in [0.1, 0.15) is 13.3 Å². The van der Waals surface area contributed by atoms with E-state index in [0.717, 1.165) is 0 Å². The zero-order chi connectivity index (χ0) is 8.48. The summed E-state index contributed by atoms with van der Waals surface area (Å²) >= 11 is 0. The minimum atomic E-state index is -0.897. The first kappa shape index (κ1) is 8.01. The first-order valence-corrected chi connectivity index (χ1v) is 3.43. The highest BCUT2D eigenvalue weighted by Crippen LogP contribution is 2.17. The molecule has 0 fully saturated rings. The average Bonchev–Trinajstić information content (AvgIpc) is 1.95. The van der Waals surface area contributed by atoms with E-state index in [2.05, 4.69) is 0 Å². The van der Waals surface area contributed by atoms with Gasteiger partial charge in [0.05, 0.1) is 5.54 Å². The molecule has 0 aromatic heterocycles. The van der Waals surface area contributed by atoms with Crippen molar-refractivity contribution in [3.05, 3.63) is 24.0 Å². The van der Waals surface area contributed by atoms with E-state index in [9.17, 15) is 4.79 Å². The summed E-state index contributed by atoms with van der Waals surface area (Å²) in [6.07, 6.45) is 4.90. The first-order chi connectivity index (χ1) is 5.04. The Bertz CT molecular complexity index is 242. The third kappa shape index (κ3) is 1.49. The number of allylic oxidation sites excluding steroid dienone is 1. The molecule has 1 aliphatic carbocycles. The van der Waals surface area contributed by atoms with Gasteiger partial charge in [0.1, 0.15) is 5.76 Å². The highest BCUT2D eigenvalue weighted by molar-refractivity contribution is 5.88. The van der Waals surface area contributed by atoms with Crippen molar-refractivity contribution in [3.63, 3.8) is 0 Å². The van der Waals surface area contributed by atoms with Crippen molar-refractivity contribution in [2.24, 2.45) is 5.73 Å². The number of ketones is 1. The van der Waals surface area contributed by atoms with Gasteiger partial charge in [-0.15, -0.1) is 0 Å². The topological polar surface area (TPSA) is 63.3 Å². The normalized spacial score (nSPS) is 29.8. The monoisotopic (exact) mass is 153 g/mol. The van der Waals surface area contributed by atoms with E-state index in [1.165, 1.54) is 19.1 Å². The highest BCUT2D eigenvalue weighted by atomic mass is 16.3. The molecule has 3 nitrogen and oxygen atoms in total. The number of nitrogens with two attached hydrogens (primary N) is 1. The van der Waals surface area contributed by atoms with Crippen LogP contribution in [-0.2, 0) is 4.79 Å². The lowest BCUT2D eigenvalue weighted by molar-refractivity contribution is -0.120. The van der Waals surface area contributed by atoms with Gasteiger partial charge in [-0.25, -0.2) is 0 Å². The molecule has 0 heterocycles. The SMILES string of the molecule is CC(=O)C1(N)C=CC(O)=CC1. The van der Waals surface area contributed by atoms with E-state index < -0.39 is 5.54 Å². The molecule has 3 heteroatoms. The van der Waals surface area contributed by atoms with Crippen molar-refractivity contribution in [2.75, 3.05) is 0 Å². The van der Waals surface area contributed by atoms with Gasteiger partial charge in [0.25, 0.3) is 0 Å². The van der Waals surface area contributed by atoms with E-state index in [4.69, 9.17) is 10.8 Å². The third-order valence-electron chi connectivity index (χ3n) is 1.86. The quantitative estimate of drug-likeness (QED) is 0.582. The Morgan fingerprint density at radius 1 is 1.82 bits per heavy atom. The summed E-state index contributed by atoms with van der Waals surface area (Å²) in [6, 6.07) is 0. The standard InChI is InChI=1S/C8H11NO2/c1-6(10)8(9)4-2-7(11)3-5-8/h2-4,11H,5,9H2,1H3. The molecule has 0 amide bonds. The maximum atomic E-state index is 10.9. The average molecular weight is 153 g/mol. The summed E-state index contributed by atoms with van der Waals surface area (Å²) in [7, 11) is 0. The number of rotatable bonds is 1. The van der Waals surface area contributed by atoms with Crippen LogP contribution in [0, 0.1) is 0 Å². The molecule has 1 aliphatic rings. The molecule has 0 aromatic rings. The van der Waals surface area contributed by atoms with Gasteiger partial charge in [0, 0.05) is 0 Å². The Morgan fingerprint density at radius 3 is 2.82 bits per heavy atom. The molecule has 0 bridgehead atoms. The van der Waals surface area contributed by atoms with Gasteiger partial charge < -0.3 is 10.8 Å².